The Morgan fingerprint density at radius 1 is 0.960 bits per heavy atom. The molecule has 0 saturated carbocycles. The van der Waals surface area contributed by atoms with Crippen molar-refractivity contribution < 1.29 is 19.1 Å². The maximum absolute atomic E-state index is 12.4. The molecule has 0 atom stereocenters. The number of imide groups is 1. The van der Waals surface area contributed by atoms with Gasteiger partial charge < -0.3 is 4.74 Å². The van der Waals surface area contributed by atoms with Gasteiger partial charge in [-0.2, -0.15) is 0 Å². The lowest BCUT2D eigenvalue weighted by Gasteiger charge is -2.20. The predicted octanol–water partition coefficient (Wildman–Crippen LogP) is 3.44. The van der Waals surface area contributed by atoms with E-state index in [0.29, 0.717) is 22.3 Å². The van der Waals surface area contributed by atoms with Crippen molar-refractivity contribution in [1.82, 2.24) is 4.90 Å². The average Bonchev–Trinajstić information content (AvgIpc) is 2.79. The predicted molar refractivity (Wildman–Crippen MR) is 92.3 cm³/mol. The van der Waals surface area contributed by atoms with E-state index in [0.717, 1.165) is 0 Å². The van der Waals surface area contributed by atoms with E-state index in [4.69, 9.17) is 4.74 Å². The number of amides is 2. The molecule has 5 nitrogen and oxygen atoms in total. The number of rotatable bonds is 3. The van der Waals surface area contributed by atoms with E-state index in [2.05, 4.69) is 0 Å². The van der Waals surface area contributed by atoms with Crippen LogP contribution in [0.1, 0.15) is 57.4 Å². The summed E-state index contributed by atoms with van der Waals surface area (Å²) in [5, 5.41) is 0. The van der Waals surface area contributed by atoms with Gasteiger partial charge in [-0.1, -0.05) is 24.3 Å². The van der Waals surface area contributed by atoms with Gasteiger partial charge in [0.2, 0.25) is 0 Å². The summed E-state index contributed by atoms with van der Waals surface area (Å²) in [6.45, 7) is 5.51. The zero-order valence-electron chi connectivity index (χ0n) is 14.4. The van der Waals surface area contributed by atoms with Crippen molar-refractivity contribution >= 4 is 17.8 Å². The Morgan fingerprint density at radius 2 is 1.56 bits per heavy atom. The van der Waals surface area contributed by atoms with Crippen LogP contribution in [0, 0.1) is 0 Å². The zero-order chi connectivity index (χ0) is 18.2. The summed E-state index contributed by atoms with van der Waals surface area (Å²) in [4.78, 5) is 38.2. The normalized spacial score (nSPS) is 13.8. The zero-order valence-corrected chi connectivity index (χ0v) is 14.4. The molecule has 0 saturated heterocycles. The average molecular weight is 337 g/mol. The molecule has 2 amide bonds. The highest BCUT2D eigenvalue weighted by Crippen LogP contribution is 2.24. The van der Waals surface area contributed by atoms with Gasteiger partial charge in [-0.05, 0) is 50.6 Å². The third kappa shape index (κ3) is 3.45. The number of benzene rings is 2. The molecule has 2 aromatic carbocycles. The van der Waals surface area contributed by atoms with Crippen LogP contribution in [0.4, 0.5) is 0 Å². The van der Waals surface area contributed by atoms with E-state index < -0.39 is 11.6 Å². The number of fused-ring (bicyclic) bond motifs is 1. The van der Waals surface area contributed by atoms with Crippen LogP contribution in [-0.4, -0.2) is 28.3 Å². The molecule has 2 aromatic rings. The third-order valence-electron chi connectivity index (χ3n) is 3.78. The highest BCUT2D eigenvalue weighted by Gasteiger charge is 2.35. The fraction of sp³-hybridized carbons (Fsp3) is 0.250. The topological polar surface area (TPSA) is 63.7 Å². The smallest absolute Gasteiger partial charge is 0.338 e. The molecule has 1 aliphatic heterocycles. The van der Waals surface area contributed by atoms with E-state index in [9.17, 15) is 14.4 Å². The Hall–Kier alpha value is -2.95. The molecule has 1 aliphatic rings. The quantitative estimate of drug-likeness (QED) is 0.636. The minimum absolute atomic E-state index is 0.114. The first-order chi connectivity index (χ1) is 11.8. The lowest BCUT2D eigenvalue weighted by Crippen LogP contribution is -2.29. The lowest BCUT2D eigenvalue weighted by molar-refractivity contribution is 0.00692. The molecule has 0 radical (unpaired) electrons. The maximum atomic E-state index is 12.4. The van der Waals surface area contributed by atoms with E-state index in [1.807, 2.05) is 0 Å². The van der Waals surface area contributed by atoms with Crippen LogP contribution in [0.15, 0.2) is 48.5 Å². The van der Waals surface area contributed by atoms with Gasteiger partial charge in [0.1, 0.15) is 5.60 Å². The molecular formula is C20H19NO4. The molecule has 0 aromatic heterocycles. The Kier molecular flexibility index (Phi) is 4.17. The summed E-state index contributed by atoms with van der Waals surface area (Å²) in [6, 6.07) is 13.5. The molecule has 0 aliphatic carbocycles. The second-order valence-corrected chi connectivity index (χ2v) is 6.94. The number of nitrogens with zero attached hydrogens (tertiary/aromatic N) is 1. The van der Waals surface area contributed by atoms with Crippen molar-refractivity contribution in [3.8, 4) is 0 Å². The first-order valence-corrected chi connectivity index (χ1v) is 8.04. The van der Waals surface area contributed by atoms with E-state index >= 15 is 0 Å². The summed E-state index contributed by atoms with van der Waals surface area (Å²) >= 11 is 0. The minimum Gasteiger partial charge on any atom is -0.456 e. The molecule has 0 spiro atoms. The Bertz CT molecular complexity index is 829. The van der Waals surface area contributed by atoms with Crippen LogP contribution in [0.5, 0.6) is 0 Å². The molecular weight excluding hydrogens is 318 g/mol. The summed E-state index contributed by atoms with van der Waals surface area (Å²) in [5.74, 6) is -1.07. The summed E-state index contributed by atoms with van der Waals surface area (Å²) < 4.78 is 5.36. The molecule has 5 heteroatoms. The highest BCUT2D eigenvalue weighted by molar-refractivity contribution is 6.21. The first-order valence-electron chi connectivity index (χ1n) is 8.04. The van der Waals surface area contributed by atoms with E-state index in [1.54, 1.807) is 69.3 Å². The fourth-order valence-electron chi connectivity index (χ4n) is 2.70. The molecule has 128 valence electrons. The molecule has 0 unspecified atom stereocenters. The van der Waals surface area contributed by atoms with Gasteiger partial charge in [-0.25, -0.2) is 4.79 Å². The standard InChI is InChI=1S/C20H19NO4/c1-20(2,3)25-19(24)14-8-6-7-13(11-14)12-21-17(22)15-9-4-5-10-16(15)18(21)23/h4-11H,12H2,1-3H3. The largest absolute Gasteiger partial charge is 0.456 e. The molecule has 1 heterocycles. The third-order valence-corrected chi connectivity index (χ3v) is 3.78. The Morgan fingerprint density at radius 3 is 2.12 bits per heavy atom. The molecule has 25 heavy (non-hydrogen) atoms. The molecule has 0 N–H and O–H groups in total. The van der Waals surface area contributed by atoms with Crippen molar-refractivity contribution in [2.24, 2.45) is 0 Å². The fourth-order valence-corrected chi connectivity index (χ4v) is 2.70. The highest BCUT2D eigenvalue weighted by atomic mass is 16.6. The Labute approximate surface area is 146 Å². The van der Waals surface area contributed by atoms with Gasteiger partial charge in [0.05, 0.1) is 23.2 Å². The van der Waals surface area contributed by atoms with Crippen molar-refractivity contribution in [2.75, 3.05) is 0 Å². The number of carbonyl (C=O) groups excluding carboxylic acids is 3. The second kappa shape index (κ2) is 6.16. The lowest BCUT2D eigenvalue weighted by atomic mass is 10.1. The van der Waals surface area contributed by atoms with Crippen molar-refractivity contribution in [1.29, 1.82) is 0 Å². The summed E-state index contributed by atoms with van der Waals surface area (Å²) in [6.07, 6.45) is 0. The first kappa shape index (κ1) is 16.9. The second-order valence-electron chi connectivity index (χ2n) is 6.94. The van der Waals surface area contributed by atoms with Gasteiger partial charge in [0.25, 0.3) is 11.8 Å². The number of hydrogen-bond acceptors (Lipinski definition) is 4. The van der Waals surface area contributed by atoms with Crippen molar-refractivity contribution in [2.45, 2.75) is 32.9 Å². The van der Waals surface area contributed by atoms with Crippen LogP contribution < -0.4 is 0 Å². The van der Waals surface area contributed by atoms with Gasteiger partial charge in [0, 0.05) is 0 Å². The summed E-state index contributed by atoms with van der Waals surface area (Å²) in [7, 11) is 0. The monoisotopic (exact) mass is 337 g/mol. The van der Waals surface area contributed by atoms with Crippen molar-refractivity contribution in [3.63, 3.8) is 0 Å². The van der Waals surface area contributed by atoms with Gasteiger partial charge in [-0.15, -0.1) is 0 Å². The number of ether oxygens (including phenoxy) is 1. The minimum atomic E-state index is -0.588. The van der Waals surface area contributed by atoms with Gasteiger partial charge >= 0.3 is 5.97 Å². The van der Waals surface area contributed by atoms with Crippen molar-refractivity contribution in [3.05, 3.63) is 70.8 Å². The van der Waals surface area contributed by atoms with Crippen LogP contribution in [0.25, 0.3) is 0 Å². The van der Waals surface area contributed by atoms with Gasteiger partial charge in [0.15, 0.2) is 0 Å². The van der Waals surface area contributed by atoms with Crippen LogP contribution in [0.2, 0.25) is 0 Å². The molecule has 3 rings (SSSR count). The van der Waals surface area contributed by atoms with Crippen LogP contribution in [0.3, 0.4) is 0 Å². The van der Waals surface area contributed by atoms with Gasteiger partial charge in [-0.3, -0.25) is 14.5 Å². The van der Waals surface area contributed by atoms with Crippen LogP contribution >= 0.6 is 0 Å². The number of hydrogen-bond donors (Lipinski definition) is 0. The summed E-state index contributed by atoms with van der Waals surface area (Å²) in [5.41, 5.74) is 1.32. The molecule has 0 bridgehead atoms. The SMILES string of the molecule is CC(C)(C)OC(=O)c1cccc(CN2C(=O)c3ccccc3C2=O)c1. The van der Waals surface area contributed by atoms with E-state index in [1.165, 1.54) is 4.90 Å². The number of esters is 1. The molecule has 0 fully saturated rings. The maximum Gasteiger partial charge on any atom is 0.338 e. The van der Waals surface area contributed by atoms with E-state index in [-0.39, 0.29) is 18.4 Å². The number of carbonyl (C=O) groups is 3. The Balaban J connectivity index is 1.81. The van der Waals surface area contributed by atoms with Crippen LogP contribution in [-0.2, 0) is 11.3 Å².